The number of halogens is 2. The fourth-order valence-electron chi connectivity index (χ4n) is 7.24. The molecule has 3 amide bonds. The van der Waals surface area contributed by atoms with Crippen molar-refractivity contribution in [3.8, 4) is 0 Å². The second kappa shape index (κ2) is 21.2. The molecule has 6 heterocycles. The molecule has 6 fully saturated rings. The van der Waals surface area contributed by atoms with Crippen LogP contribution in [0.4, 0.5) is 4.79 Å². The molecule has 14 nitrogen and oxygen atoms in total. The highest BCUT2D eigenvalue weighted by atomic mass is 35.5. The molecule has 52 heavy (non-hydrogen) atoms. The predicted molar refractivity (Wildman–Crippen MR) is 213 cm³/mol. The van der Waals surface area contributed by atoms with Gasteiger partial charge in [-0.25, -0.2) is 4.79 Å². The fraction of sp³-hybridized carbons (Fsp3) is 0.906. The molecule has 0 aromatic heterocycles. The number of hydrogen-bond donors (Lipinski definition) is 3. The zero-order valence-corrected chi connectivity index (χ0v) is 37.1. The molecule has 304 valence electrons. The van der Waals surface area contributed by atoms with Crippen LogP contribution in [-0.2, 0) is 40.9 Å². The van der Waals surface area contributed by atoms with E-state index < -0.39 is 35.3 Å². The summed E-state index contributed by atoms with van der Waals surface area (Å²) in [7, 11) is -4.98. The molecule has 0 aromatic rings. The number of amides is 3. The van der Waals surface area contributed by atoms with Gasteiger partial charge in [-0.15, -0.1) is 23.2 Å². The van der Waals surface area contributed by atoms with Crippen molar-refractivity contribution in [1.82, 2.24) is 20.9 Å². The van der Waals surface area contributed by atoms with Crippen LogP contribution in [0.25, 0.3) is 0 Å². The van der Waals surface area contributed by atoms with Crippen molar-refractivity contribution in [3.63, 3.8) is 0 Å². The van der Waals surface area contributed by atoms with Gasteiger partial charge in [-0.2, -0.15) is 27.0 Å². The lowest BCUT2D eigenvalue weighted by Crippen LogP contribution is -2.48. The summed E-state index contributed by atoms with van der Waals surface area (Å²) in [6.07, 6.45) is 5.21. The number of ether oxygens (including phenoxy) is 1. The molecule has 6 rings (SSSR count). The van der Waals surface area contributed by atoms with Crippen LogP contribution < -0.4 is 16.0 Å². The summed E-state index contributed by atoms with van der Waals surface area (Å²) in [5, 5.41) is 9.31. The number of fused-ring (bicyclic) bond motifs is 4. The van der Waals surface area contributed by atoms with Gasteiger partial charge in [-0.3, -0.25) is 14.5 Å². The number of carbonyl (C=O) groups is 3. The molecule has 6 atom stereocenters. The lowest BCUT2D eigenvalue weighted by atomic mass is 10.1. The van der Waals surface area contributed by atoms with Gasteiger partial charge in [0.15, 0.2) is 0 Å². The standard InChI is InChI=1S/C18H32N2O6Si.C13H24N2O4Si.CH2Cl2.2H2S/c1-12-15-13(2)25-27(24-12,26-15)11-7-9-19-16(21)14-8-6-10-20(14)17(22)23-18(3,4)5;1-9-12-10(2)18-20(17-9,19-12)8-4-7-15-13(16)11-5-3-6-14-11;2-1-3;;/h12-15H,6-11H2,1-5H3,(H,19,21);9-12,14H,3-8H2,1-2H3,(H,15,16);1H2;2*1H2/t12?,13?,14-,15?,27?;9?,10?,11-,12?,20?;;;/m00.../s1. The summed E-state index contributed by atoms with van der Waals surface area (Å²) < 4.78 is 41.0. The number of alkyl halides is 2. The molecule has 0 aromatic carbocycles. The van der Waals surface area contributed by atoms with E-state index in [0.29, 0.717) is 32.1 Å². The zero-order chi connectivity index (χ0) is 36.7. The van der Waals surface area contributed by atoms with E-state index in [1.54, 1.807) is 0 Å². The van der Waals surface area contributed by atoms with Crippen LogP contribution in [0.1, 0.15) is 87.0 Å². The second-order valence-corrected chi connectivity index (χ2v) is 20.6. The molecule has 6 saturated heterocycles. The Hall–Kier alpha value is -0.356. The summed E-state index contributed by atoms with van der Waals surface area (Å²) in [5.74, 6) is -0.0142. The van der Waals surface area contributed by atoms with Gasteiger partial charge < -0.3 is 47.2 Å². The van der Waals surface area contributed by atoms with E-state index in [-0.39, 0.29) is 86.8 Å². The third kappa shape index (κ3) is 12.8. The van der Waals surface area contributed by atoms with Gasteiger partial charge in [-0.05, 0) is 93.5 Å². The summed E-state index contributed by atoms with van der Waals surface area (Å²) >= 11 is 9.53. The van der Waals surface area contributed by atoms with Crippen molar-refractivity contribution in [2.75, 3.05) is 31.5 Å². The largest absolute Gasteiger partial charge is 0.502 e. The van der Waals surface area contributed by atoms with Crippen LogP contribution in [0.2, 0.25) is 12.1 Å². The molecular formula is C32H62Cl2N4O10S2Si2. The van der Waals surface area contributed by atoms with Crippen LogP contribution in [-0.4, -0.2) is 126 Å². The number of hydrogen-bond acceptors (Lipinski definition) is 11. The van der Waals surface area contributed by atoms with E-state index >= 15 is 0 Å². The van der Waals surface area contributed by atoms with Crippen molar-refractivity contribution in [2.45, 2.75) is 153 Å². The molecule has 4 bridgehead atoms. The monoisotopic (exact) mass is 852 g/mol. The molecule has 6 aliphatic rings. The van der Waals surface area contributed by atoms with Gasteiger partial charge in [0.2, 0.25) is 11.8 Å². The Labute approximate surface area is 335 Å². The van der Waals surface area contributed by atoms with E-state index in [1.807, 2.05) is 48.5 Å². The van der Waals surface area contributed by atoms with Crippen molar-refractivity contribution in [1.29, 1.82) is 0 Å². The van der Waals surface area contributed by atoms with Crippen LogP contribution >= 0.6 is 50.2 Å². The topological polar surface area (TPSA) is 155 Å². The van der Waals surface area contributed by atoms with E-state index in [2.05, 4.69) is 16.0 Å². The highest BCUT2D eigenvalue weighted by Crippen LogP contribution is 2.41. The van der Waals surface area contributed by atoms with Crippen LogP contribution in [0.3, 0.4) is 0 Å². The average Bonchev–Trinajstić information content (AvgIpc) is 3.87. The summed E-state index contributed by atoms with van der Waals surface area (Å²) in [4.78, 5) is 38.2. The Bertz CT molecular complexity index is 1140. The highest BCUT2D eigenvalue weighted by Gasteiger charge is 2.61. The fourth-order valence-corrected chi connectivity index (χ4v) is 13.9. The number of nitrogens with one attached hydrogen (secondary N) is 3. The maximum atomic E-state index is 12.5. The minimum atomic E-state index is -2.56. The Balaban J connectivity index is 0.000000334. The predicted octanol–water partition coefficient (Wildman–Crippen LogP) is 4.11. The summed E-state index contributed by atoms with van der Waals surface area (Å²) in [6, 6.07) is 1.02. The number of rotatable bonds is 10. The molecule has 3 N–H and O–H groups in total. The highest BCUT2D eigenvalue weighted by molar-refractivity contribution is 7.59. The SMILES string of the molecule is CC1O[Si]2(CCCNC(=O)[C@@H]3CCCN3)OC(C)C1O2.CC1O[Si]2(CCCNC(=O)[C@@H]3CCCN3C(=O)OC(C)(C)C)OC(C)C1O2.ClCCl.S.S. The minimum absolute atomic E-state index is 0. The van der Waals surface area contributed by atoms with Crippen molar-refractivity contribution in [2.24, 2.45) is 0 Å². The van der Waals surface area contributed by atoms with Crippen LogP contribution in [0.5, 0.6) is 0 Å². The molecule has 20 heteroatoms. The third-order valence-electron chi connectivity index (χ3n) is 9.42. The summed E-state index contributed by atoms with van der Waals surface area (Å²) in [6.45, 7) is 16.3. The molecule has 0 saturated carbocycles. The quantitative estimate of drug-likeness (QED) is 0.165. The molecule has 0 aliphatic carbocycles. The Kier molecular flexibility index (Phi) is 19.5. The zero-order valence-electron chi connectivity index (χ0n) is 31.6. The first-order valence-electron chi connectivity index (χ1n) is 18.1. The number of likely N-dealkylation sites (tertiary alicyclic amines) is 1. The normalized spacial score (nSPS) is 35.4. The average molecular weight is 854 g/mol. The smallest absolute Gasteiger partial charge is 0.444 e. The van der Waals surface area contributed by atoms with Gasteiger partial charge in [0, 0.05) is 31.7 Å². The van der Waals surface area contributed by atoms with Crippen molar-refractivity contribution >= 4 is 85.7 Å². The molecule has 6 aliphatic heterocycles. The second-order valence-electron chi connectivity index (χ2n) is 14.7. The summed E-state index contributed by atoms with van der Waals surface area (Å²) in [5.41, 5.74) is -0.570. The van der Waals surface area contributed by atoms with Crippen LogP contribution in [0.15, 0.2) is 0 Å². The van der Waals surface area contributed by atoms with E-state index in [1.165, 1.54) is 4.90 Å². The Morgan fingerprint density at radius 1 is 0.769 bits per heavy atom. The van der Waals surface area contributed by atoms with Crippen LogP contribution in [0, 0.1) is 0 Å². The first-order chi connectivity index (χ1) is 23.6. The molecular weight excluding hydrogens is 792 g/mol. The van der Waals surface area contributed by atoms with Gasteiger partial charge >= 0.3 is 23.7 Å². The number of carbonyl (C=O) groups excluding carboxylic acids is 3. The Morgan fingerprint density at radius 2 is 1.23 bits per heavy atom. The van der Waals surface area contributed by atoms with Crippen molar-refractivity contribution < 1.29 is 45.7 Å². The lowest BCUT2D eigenvalue weighted by Gasteiger charge is -2.28. The molecule has 0 radical (unpaired) electrons. The van der Waals surface area contributed by atoms with Gasteiger partial charge in [0.1, 0.15) is 11.6 Å². The lowest BCUT2D eigenvalue weighted by molar-refractivity contribution is -0.125. The van der Waals surface area contributed by atoms with E-state index in [0.717, 1.165) is 44.7 Å². The minimum Gasteiger partial charge on any atom is -0.444 e. The maximum Gasteiger partial charge on any atom is 0.502 e. The third-order valence-corrected chi connectivity index (χ3v) is 15.5. The Morgan fingerprint density at radius 3 is 1.63 bits per heavy atom. The first-order valence-corrected chi connectivity index (χ1v) is 23.0. The van der Waals surface area contributed by atoms with Gasteiger partial charge in [0.05, 0.1) is 48.0 Å². The van der Waals surface area contributed by atoms with Gasteiger partial charge in [-0.1, -0.05) is 0 Å². The molecule has 0 spiro atoms. The first kappa shape index (κ1) is 47.8. The van der Waals surface area contributed by atoms with E-state index in [9.17, 15) is 14.4 Å². The molecule has 4 unspecified atom stereocenters. The van der Waals surface area contributed by atoms with Crippen molar-refractivity contribution in [3.05, 3.63) is 0 Å². The van der Waals surface area contributed by atoms with E-state index in [4.69, 9.17) is 54.5 Å². The number of nitrogens with zero attached hydrogens (tertiary/aromatic N) is 1. The maximum absolute atomic E-state index is 12.5. The van der Waals surface area contributed by atoms with Gasteiger partial charge in [0.25, 0.3) is 0 Å².